The molecule has 1 fully saturated rings. The van der Waals surface area contributed by atoms with Crippen molar-refractivity contribution in [2.24, 2.45) is 0 Å². The summed E-state index contributed by atoms with van der Waals surface area (Å²) in [7, 11) is 3.05. The summed E-state index contributed by atoms with van der Waals surface area (Å²) in [6.07, 6.45) is 0.969. The molecule has 2 amide bonds. The van der Waals surface area contributed by atoms with Crippen LogP contribution in [0.25, 0.3) is 11.3 Å². The molecule has 0 unspecified atom stereocenters. The molecule has 1 aromatic heterocycles. The van der Waals surface area contributed by atoms with E-state index in [2.05, 4.69) is 4.98 Å². The van der Waals surface area contributed by atoms with Gasteiger partial charge in [-0.15, -0.1) is 0 Å². The second-order valence-corrected chi connectivity index (χ2v) is 6.70. The molecule has 8 nitrogen and oxygen atoms in total. The Kier molecular flexibility index (Phi) is 5.38. The topological polar surface area (TPSA) is 91.1 Å². The minimum absolute atomic E-state index is 0.0270. The monoisotopic (exact) mass is 408 g/mol. The predicted molar refractivity (Wildman–Crippen MR) is 106 cm³/mol. The van der Waals surface area contributed by atoms with Gasteiger partial charge in [0.15, 0.2) is 29.3 Å². The molecule has 1 saturated heterocycles. The van der Waals surface area contributed by atoms with Crippen molar-refractivity contribution in [3.05, 3.63) is 66.2 Å². The van der Waals surface area contributed by atoms with Crippen molar-refractivity contribution in [2.75, 3.05) is 20.8 Å². The van der Waals surface area contributed by atoms with Crippen LogP contribution in [0.3, 0.4) is 0 Å². The van der Waals surface area contributed by atoms with E-state index >= 15 is 0 Å². The van der Waals surface area contributed by atoms with E-state index in [4.69, 9.17) is 18.6 Å². The third-order valence-electron chi connectivity index (χ3n) is 4.91. The van der Waals surface area contributed by atoms with Gasteiger partial charge in [-0.25, -0.2) is 14.7 Å². The van der Waals surface area contributed by atoms with E-state index < -0.39 is 18.0 Å². The Morgan fingerprint density at radius 1 is 1.13 bits per heavy atom. The fourth-order valence-electron chi connectivity index (χ4n) is 3.44. The van der Waals surface area contributed by atoms with Crippen LogP contribution in [0.5, 0.6) is 11.5 Å². The number of hydrogen-bond donors (Lipinski definition) is 0. The Morgan fingerprint density at radius 3 is 2.63 bits per heavy atom. The van der Waals surface area contributed by atoms with Crippen LogP contribution in [0.15, 0.2) is 59.3 Å². The minimum Gasteiger partial charge on any atom is -0.493 e. The van der Waals surface area contributed by atoms with Gasteiger partial charge in [0.05, 0.1) is 20.3 Å². The smallest absolute Gasteiger partial charge is 0.417 e. The zero-order chi connectivity index (χ0) is 21.1. The van der Waals surface area contributed by atoms with Crippen molar-refractivity contribution in [2.45, 2.75) is 12.5 Å². The standard InChI is InChI=1S/C22H20N2O6/c1-27-17-9-8-15(11-18(17)28-2)20-19(23-13-30-20)21(25)24-16(12-29-22(24)26)10-14-6-4-3-5-7-14/h3-9,11,13,16H,10,12H2,1-2H3/t16-/m1/s1. The summed E-state index contributed by atoms with van der Waals surface area (Å²) in [6, 6.07) is 14.3. The molecule has 8 heteroatoms. The van der Waals surface area contributed by atoms with Gasteiger partial charge >= 0.3 is 6.09 Å². The SMILES string of the molecule is COc1ccc(-c2ocnc2C(=O)N2C(=O)OC[C@H]2Cc2ccccc2)cc1OC. The number of imide groups is 1. The number of ether oxygens (including phenoxy) is 3. The molecule has 0 N–H and O–H groups in total. The number of carbonyl (C=O) groups is 2. The van der Waals surface area contributed by atoms with Crippen molar-refractivity contribution in [1.82, 2.24) is 9.88 Å². The summed E-state index contributed by atoms with van der Waals surface area (Å²) >= 11 is 0. The van der Waals surface area contributed by atoms with Crippen LogP contribution in [-0.2, 0) is 11.2 Å². The molecule has 0 aliphatic carbocycles. The second kappa shape index (κ2) is 8.28. The number of aromatic nitrogens is 1. The first kappa shape index (κ1) is 19.5. The van der Waals surface area contributed by atoms with E-state index in [0.717, 1.165) is 10.5 Å². The minimum atomic E-state index is -0.692. The number of nitrogens with zero attached hydrogens (tertiary/aromatic N) is 2. The number of amides is 2. The highest BCUT2D eigenvalue weighted by atomic mass is 16.6. The maximum atomic E-state index is 13.2. The highest BCUT2D eigenvalue weighted by Crippen LogP contribution is 2.34. The van der Waals surface area contributed by atoms with Gasteiger partial charge in [0.25, 0.3) is 5.91 Å². The van der Waals surface area contributed by atoms with E-state index in [0.29, 0.717) is 23.5 Å². The van der Waals surface area contributed by atoms with E-state index in [1.54, 1.807) is 18.2 Å². The Hall–Kier alpha value is -3.81. The maximum Gasteiger partial charge on any atom is 0.417 e. The maximum absolute atomic E-state index is 13.2. The Balaban J connectivity index is 1.64. The summed E-state index contributed by atoms with van der Waals surface area (Å²) in [5, 5.41) is 0. The predicted octanol–water partition coefficient (Wildman–Crippen LogP) is 3.56. The second-order valence-electron chi connectivity index (χ2n) is 6.70. The van der Waals surface area contributed by atoms with E-state index in [-0.39, 0.29) is 18.1 Å². The molecule has 0 saturated carbocycles. The van der Waals surface area contributed by atoms with Gasteiger partial charge in [-0.3, -0.25) is 4.79 Å². The lowest BCUT2D eigenvalue weighted by molar-refractivity contribution is 0.0770. The Bertz CT molecular complexity index is 1060. The number of cyclic esters (lactones) is 1. The fourth-order valence-corrected chi connectivity index (χ4v) is 3.44. The van der Waals surface area contributed by atoms with Crippen LogP contribution in [0.1, 0.15) is 16.1 Å². The first-order valence-corrected chi connectivity index (χ1v) is 9.32. The molecule has 2 heterocycles. The molecule has 2 aromatic carbocycles. The largest absolute Gasteiger partial charge is 0.493 e. The molecule has 0 bridgehead atoms. The Morgan fingerprint density at radius 2 is 1.90 bits per heavy atom. The van der Waals surface area contributed by atoms with Crippen molar-refractivity contribution in [1.29, 1.82) is 0 Å². The van der Waals surface area contributed by atoms with Crippen LogP contribution in [-0.4, -0.2) is 48.8 Å². The van der Waals surface area contributed by atoms with E-state index in [1.807, 2.05) is 30.3 Å². The highest BCUT2D eigenvalue weighted by molar-refractivity contribution is 6.05. The van der Waals surface area contributed by atoms with Gasteiger partial charge in [-0.2, -0.15) is 0 Å². The van der Waals surface area contributed by atoms with Crippen molar-refractivity contribution in [3.8, 4) is 22.8 Å². The van der Waals surface area contributed by atoms with Gasteiger partial charge in [-0.05, 0) is 30.2 Å². The summed E-state index contributed by atoms with van der Waals surface area (Å²) in [5.74, 6) is 0.683. The summed E-state index contributed by atoms with van der Waals surface area (Å²) < 4.78 is 21.2. The van der Waals surface area contributed by atoms with Crippen LogP contribution < -0.4 is 9.47 Å². The van der Waals surface area contributed by atoms with Gasteiger partial charge in [-0.1, -0.05) is 30.3 Å². The number of carbonyl (C=O) groups excluding carboxylic acids is 2. The first-order valence-electron chi connectivity index (χ1n) is 9.32. The molecule has 154 valence electrons. The van der Waals surface area contributed by atoms with Crippen LogP contribution >= 0.6 is 0 Å². The number of oxazole rings is 1. The van der Waals surface area contributed by atoms with Crippen LogP contribution in [0.4, 0.5) is 4.79 Å². The number of benzene rings is 2. The lowest BCUT2D eigenvalue weighted by atomic mass is 10.0. The van der Waals surface area contributed by atoms with Gasteiger partial charge in [0.2, 0.25) is 0 Å². The van der Waals surface area contributed by atoms with Crippen molar-refractivity contribution >= 4 is 12.0 Å². The molecule has 4 rings (SSSR count). The van der Waals surface area contributed by atoms with Gasteiger partial charge in [0.1, 0.15) is 6.61 Å². The third kappa shape index (κ3) is 3.59. The summed E-state index contributed by atoms with van der Waals surface area (Å²) in [5.41, 5.74) is 1.60. The Labute approximate surface area is 173 Å². The van der Waals surface area contributed by atoms with Crippen molar-refractivity contribution in [3.63, 3.8) is 0 Å². The lowest BCUT2D eigenvalue weighted by Gasteiger charge is -2.19. The molecule has 0 spiro atoms. The molecule has 1 aliphatic rings. The summed E-state index contributed by atoms with van der Waals surface area (Å²) in [4.78, 5) is 30.7. The average Bonchev–Trinajstić information content (AvgIpc) is 3.40. The number of hydrogen-bond acceptors (Lipinski definition) is 7. The molecule has 1 aliphatic heterocycles. The molecular formula is C22H20N2O6. The zero-order valence-corrected chi connectivity index (χ0v) is 16.5. The number of methoxy groups -OCH3 is 2. The normalized spacial score (nSPS) is 15.7. The van der Waals surface area contributed by atoms with Gasteiger partial charge < -0.3 is 18.6 Å². The highest BCUT2D eigenvalue weighted by Gasteiger charge is 2.40. The van der Waals surface area contributed by atoms with Gasteiger partial charge in [0, 0.05) is 5.56 Å². The van der Waals surface area contributed by atoms with E-state index in [9.17, 15) is 9.59 Å². The third-order valence-corrected chi connectivity index (χ3v) is 4.91. The zero-order valence-electron chi connectivity index (χ0n) is 16.5. The average molecular weight is 408 g/mol. The fraction of sp³-hybridized carbons (Fsp3) is 0.227. The van der Waals surface area contributed by atoms with Crippen LogP contribution in [0.2, 0.25) is 0 Å². The molecule has 0 radical (unpaired) electrons. The number of rotatable bonds is 6. The van der Waals surface area contributed by atoms with Crippen LogP contribution in [0, 0.1) is 0 Å². The first-order chi connectivity index (χ1) is 14.6. The molecular weight excluding hydrogens is 388 g/mol. The lowest BCUT2D eigenvalue weighted by Crippen LogP contribution is -2.40. The van der Waals surface area contributed by atoms with E-state index in [1.165, 1.54) is 20.6 Å². The quantitative estimate of drug-likeness (QED) is 0.616. The molecule has 1 atom stereocenters. The summed E-state index contributed by atoms with van der Waals surface area (Å²) in [6.45, 7) is 0.128. The molecule has 30 heavy (non-hydrogen) atoms. The molecule has 3 aromatic rings. The van der Waals surface area contributed by atoms with Crippen molar-refractivity contribution < 1.29 is 28.2 Å².